The van der Waals surface area contributed by atoms with Gasteiger partial charge in [-0.25, -0.2) is 15.0 Å². The number of benzene rings is 2. The summed E-state index contributed by atoms with van der Waals surface area (Å²) in [6, 6.07) is 18.5. The number of aryl methyl sites for hydroxylation is 1. The van der Waals surface area contributed by atoms with E-state index in [1.807, 2.05) is 66.4 Å². The molecule has 0 spiro atoms. The average Bonchev–Trinajstić information content (AvgIpc) is 3.47. The summed E-state index contributed by atoms with van der Waals surface area (Å²) in [6.45, 7) is 5.08. The van der Waals surface area contributed by atoms with E-state index in [4.69, 9.17) is 9.15 Å². The van der Waals surface area contributed by atoms with E-state index >= 15 is 0 Å². The lowest BCUT2D eigenvalue weighted by atomic mass is 10.0. The van der Waals surface area contributed by atoms with Crippen molar-refractivity contribution in [2.24, 2.45) is 5.92 Å². The van der Waals surface area contributed by atoms with E-state index in [1.54, 1.807) is 0 Å². The minimum atomic E-state index is -4.50. The second kappa shape index (κ2) is 10.8. The molecule has 4 aromatic rings. The van der Waals surface area contributed by atoms with Crippen LogP contribution in [-0.2, 0) is 19.0 Å². The van der Waals surface area contributed by atoms with Gasteiger partial charge < -0.3 is 14.1 Å². The first kappa shape index (κ1) is 25.8. The lowest BCUT2D eigenvalue weighted by molar-refractivity contribution is -0.141. The Morgan fingerprint density at radius 3 is 2.53 bits per heavy atom. The van der Waals surface area contributed by atoms with Gasteiger partial charge in [0.2, 0.25) is 11.8 Å². The molecule has 198 valence electrons. The van der Waals surface area contributed by atoms with E-state index in [-0.39, 0.29) is 12.0 Å². The number of aromatic nitrogens is 3. The first-order valence-electron chi connectivity index (χ1n) is 12.7. The third kappa shape index (κ3) is 5.98. The predicted molar refractivity (Wildman–Crippen MR) is 138 cm³/mol. The maximum Gasteiger partial charge on any atom is 0.433 e. The largest absolute Gasteiger partial charge is 0.493 e. The van der Waals surface area contributed by atoms with Gasteiger partial charge in [-0.05, 0) is 61.6 Å². The van der Waals surface area contributed by atoms with Gasteiger partial charge >= 0.3 is 6.18 Å². The molecule has 9 heteroatoms. The second-order valence-corrected chi connectivity index (χ2v) is 9.72. The number of alkyl halides is 3. The number of nitrogens with zero attached hydrogens (tertiary/aromatic N) is 4. The smallest absolute Gasteiger partial charge is 0.433 e. The molecule has 1 aliphatic rings. The fraction of sp³-hybridized carbons (Fsp3) is 0.345. The number of halogens is 3. The minimum Gasteiger partial charge on any atom is -0.493 e. The molecule has 0 unspecified atom stereocenters. The Morgan fingerprint density at radius 1 is 1.03 bits per heavy atom. The Bertz CT molecular complexity index is 1360. The van der Waals surface area contributed by atoms with Crippen LogP contribution in [0.2, 0.25) is 0 Å². The van der Waals surface area contributed by atoms with Crippen molar-refractivity contribution in [3.05, 3.63) is 89.6 Å². The maximum atomic E-state index is 13.2. The third-order valence-electron chi connectivity index (χ3n) is 6.73. The normalized spacial score (nSPS) is 17.7. The van der Waals surface area contributed by atoms with E-state index in [1.165, 1.54) is 6.20 Å². The number of ether oxygens (including phenoxy) is 1. The van der Waals surface area contributed by atoms with Gasteiger partial charge in [-0.3, -0.25) is 0 Å². The van der Waals surface area contributed by atoms with Gasteiger partial charge in [0.1, 0.15) is 17.2 Å². The van der Waals surface area contributed by atoms with Crippen molar-refractivity contribution in [3.63, 3.8) is 0 Å². The van der Waals surface area contributed by atoms with E-state index in [9.17, 15) is 13.2 Å². The number of hydrogen-bond acceptors (Lipinski definition) is 6. The highest BCUT2D eigenvalue weighted by Gasteiger charge is 2.36. The van der Waals surface area contributed by atoms with Crippen LogP contribution in [0.5, 0.6) is 5.75 Å². The van der Waals surface area contributed by atoms with Crippen LogP contribution < -0.4 is 9.64 Å². The molecule has 1 saturated heterocycles. The Morgan fingerprint density at radius 2 is 1.79 bits per heavy atom. The Kier molecular flexibility index (Phi) is 7.35. The number of rotatable bonds is 8. The summed E-state index contributed by atoms with van der Waals surface area (Å²) < 4.78 is 51.2. The van der Waals surface area contributed by atoms with Crippen LogP contribution in [0.4, 0.5) is 19.1 Å². The van der Waals surface area contributed by atoms with Crippen LogP contribution >= 0.6 is 0 Å². The summed E-state index contributed by atoms with van der Waals surface area (Å²) in [7, 11) is 0. The van der Waals surface area contributed by atoms with Crippen LogP contribution in [-0.4, -0.2) is 34.1 Å². The van der Waals surface area contributed by atoms with Gasteiger partial charge in [0, 0.05) is 30.8 Å². The Labute approximate surface area is 219 Å². The standard InChI is InChI=1S/C29H29F3N4O2/c1-19-16-23(36(18-19)28-33-14-12-26(35-28)29(30,31)32)17-21-8-10-24(11-9-21)37-15-13-25-20(2)38-27(34-25)22-6-4-3-5-7-22/h3-12,14,19,23H,13,15-18H2,1-2H3/t19-,23-/m1/s1. The zero-order chi connectivity index (χ0) is 26.7. The SMILES string of the molecule is Cc1oc(-c2ccccc2)nc1CCOc1ccc(C[C@H]2C[C@@H](C)CN2c2nccc(C(F)(F)F)n2)cc1. The number of anilines is 1. The van der Waals surface area contributed by atoms with Crippen molar-refractivity contribution in [3.8, 4) is 17.2 Å². The monoisotopic (exact) mass is 522 g/mol. The maximum absolute atomic E-state index is 13.2. The van der Waals surface area contributed by atoms with Crippen LogP contribution in [0.1, 0.15) is 36.1 Å². The molecular weight excluding hydrogens is 493 g/mol. The van der Waals surface area contributed by atoms with Crippen LogP contribution in [0.15, 0.2) is 71.3 Å². The zero-order valence-corrected chi connectivity index (χ0v) is 21.3. The molecule has 0 aliphatic carbocycles. The molecule has 1 fully saturated rings. The lowest BCUT2D eigenvalue weighted by Crippen LogP contribution is -2.33. The molecule has 5 rings (SSSR count). The molecular formula is C29H29F3N4O2. The Balaban J connectivity index is 1.18. The van der Waals surface area contributed by atoms with Gasteiger partial charge in [-0.1, -0.05) is 37.3 Å². The summed E-state index contributed by atoms with van der Waals surface area (Å²) in [6.07, 6.45) is -1.15. The summed E-state index contributed by atoms with van der Waals surface area (Å²) in [4.78, 5) is 14.5. The van der Waals surface area contributed by atoms with Crippen molar-refractivity contribution in [1.29, 1.82) is 0 Å². The highest BCUT2D eigenvalue weighted by Crippen LogP contribution is 2.32. The van der Waals surface area contributed by atoms with Crippen molar-refractivity contribution < 1.29 is 22.3 Å². The van der Waals surface area contributed by atoms with E-state index in [0.29, 0.717) is 37.8 Å². The van der Waals surface area contributed by atoms with Crippen molar-refractivity contribution in [2.45, 2.75) is 45.3 Å². The summed E-state index contributed by atoms with van der Waals surface area (Å²) in [5.74, 6) is 2.60. The van der Waals surface area contributed by atoms with Gasteiger partial charge in [0.05, 0.1) is 12.3 Å². The second-order valence-electron chi connectivity index (χ2n) is 9.72. The Hall–Kier alpha value is -3.88. The third-order valence-corrected chi connectivity index (χ3v) is 6.73. The number of oxazole rings is 1. The van der Waals surface area contributed by atoms with Gasteiger partial charge in [0.15, 0.2) is 0 Å². The predicted octanol–water partition coefficient (Wildman–Crippen LogP) is 6.54. The van der Waals surface area contributed by atoms with E-state index < -0.39 is 11.9 Å². The molecule has 0 N–H and O–H groups in total. The average molecular weight is 523 g/mol. The lowest BCUT2D eigenvalue weighted by Gasteiger charge is -2.25. The summed E-state index contributed by atoms with van der Waals surface area (Å²) >= 11 is 0. The molecule has 2 atom stereocenters. The fourth-order valence-corrected chi connectivity index (χ4v) is 4.86. The first-order chi connectivity index (χ1) is 18.3. The van der Waals surface area contributed by atoms with E-state index in [0.717, 1.165) is 40.8 Å². The van der Waals surface area contributed by atoms with Crippen LogP contribution in [0.25, 0.3) is 11.5 Å². The zero-order valence-electron chi connectivity index (χ0n) is 21.3. The van der Waals surface area contributed by atoms with Crippen molar-refractivity contribution in [2.75, 3.05) is 18.1 Å². The molecule has 38 heavy (non-hydrogen) atoms. The first-order valence-corrected chi connectivity index (χ1v) is 12.7. The van der Waals surface area contributed by atoms with Crippen molar-refractivity contribution >= 4 is 5.95 Å². The van der Waals surface area contributed by atoms with Gasteiger partial charge in [-0.2, -0.15) is 13.2 Å². The molecule has 2 aromatic carbocycles. The van der Waals surface area contributed by atoms with Crippen LogP contribution in [0, 0.1) is 12.8 Å². The molecule has 0 amide bonds. The molecule has 1 aliphatic heterocycles. The van der Waals surface area contributed by atoms with Crippen LogP contribution in [0.3, 0.4) is 0 Å². The van der Waals surface area contributed by atoms with Gasteiger partial charge in [-0.15, -0.1) is 0 Å². The number of hydrogen-bond donors (Lipinski definition) is 0. The molecule has 0 radical (unpaired) electrons. The molecule has 6 nitrogen and oxygen atoms in total. The summed E-state index contributed by atoms with van der Waals surface area (Å²) in [5, 5.41) is 0. The highest BCUT2D eigenvalue weighted by molar-refractivity contribution is 5.53. The van der Waals surface area contributed by atoms with Gasteiger partial charge in [0.25, 0.3) is 0 Å². The highest BCUT2D eigenvalue weighted by atomic mass is 19.4. The van der Waals surface area contributed by atoms with E-state index in [2.05, 4.69) is 21.9 Å². The quantitative estimate of drug-likeness (QED) is 0.262. The minimum absolute atomic E-state index is 0.0224. The molecule has 3 heterocycles. The van der Waals surface area contributed by atoms with Crippen molar-refractivity contribution in [1.82, 2.24) is 15.0 Å². The molecule has 0 bridgehead atoms. The molecule has 0 saturated carbocycles. The topological polar surface area (TPSA) is 64.3 Å². The summed E-state index contributed by atoms with van der Waals surface area (Å²) in [5.41, 5.74) is 1.97. The molecule has 2 aromatic heterocycles. The fourth-order valence-electron chi connectivity index (χ4n) is 4.86.